The Morgan fingerprint density at radius 2 is 1.89 bits per heavy atom. The van der Waals surface area contributed by atoms with Gasteiger partial charge in [0.05, 0.1) is 19.6 Å². The van der Waals surface area contributed by atoms with Gasteiger partial charge in [-0.3, -0.25) is 9.59 Å². The van der Waals surface area contributed by atoms with E-state index in [1.54, 1.807) is 0 Å². The molecule has 0 aliphatic carbocycles. The molecule has 0 aliphatic rings. The number of rotatable bonds is 6. The minimum atomic E-state index is -0.338. The van der Waals surface area contributed by atoms with E-state index in [-0.39, 0.29) is 30.3 Å². The SMILES string of the molecule is CCC(C)C(=O)NC(CC(=O)OC)c1ccccc1. The fourth-order valence-electron chi connectivity index (χ4n) is 1.69. The van der Waals surface area contributed by atoms with E-state index in [0.29, 0.717) is 0 Å². The molecule has 0 fully saturated rings. The van der Waals surface area contributed by atoms with E-state index in [2.05, 4.69) is 10.1 Å². The van der Waals surface area contributed by atoms with Crippen LogP contribution in [0.5, 0.6) is 0 Å². The van der Waals surface area contributed by atoms with Crippen molar-refractivity contribution in [3.63, 3.8) is 0 Å². The summed E-state index contributed by atoms with van der Waals surface area (Å²) in [5.41, 5.74) is 0.907. The smallest absolute Gasteiger partial charge is 0.307 e. The summed E-state index contributed by atoms with van der Waals surface area (Å²) in [6.45, 7) is 3.83. The minimum absolute atomic E-state index is 0.0414. The van der Waals surface area contributed by atoms with Crippen LogP contribution in [0.1, 0.15) is 38.3 Å². The van der Waals surface area contributed by atoms with E-state index >= 15 is 0 Å². The van der Waals surface area contributed by atoms with Gasteiger partial charge in [0, 0.05) is 5.92 Å². The molecule has 1 rings (SSSR count). The molecule has 104 valence electrons. The number of benzene rings is 1. The van der Waals surface area contributed by atoms with Crippen LogP contribution in [0.2, 0.25) is 0 Å². The molecule has 0 bridgehead atoms. The van der Waals surface area contributed by atoms with E-state index < -0.39 is 0 Å². The molecule has 4 heteroatoms. The molecular formula is C15H21NO3. The highest BCUT2D eigenvalue weighted by molar-refractivity contribution is 5.79. The van der Waals surface area contributed by atoms with E-state index in [9.17, 15) is 9.59 Å². The lowest BCUT2D eigenvalue weighted by Crippen LogP contribution is -2.34. The van der Waals surface area contributed by atoms with Gasteiger partial charge in [0.2, 0.25) is 5.91 Å². The van der Waals surface area contributed by atoms with E-state index in [4.69, 9.17) is 0 Å². The van der Waals surface area contributed by atoms with Crippen molar-refractivity contribution < 1.29 is 14.3 Å². The third-order valence-corrected chi connectivity index (χ3v) is 3.18. The van der Waals surface area contributed by atoms with Gasteiger partial charge in [0.15, 0.2) is 0 Å². The lowest BCUT2D eigenvalue weighted by atomic mass is 10.0. The van der Waals surface area contributed by atoms with Crippen LogP contribution in [0.15, 0.2) is 30.3 Å². The standard InChI is InChI=1S/C15H21NO3/c1-4-11(2)15(18)16-13(10-14(17)19-3)12-8-6-5-7-9-12/h5-9,11,13H,4,10H2,1-3H3,(H,16,18). The average molecular weight is 263 g/mol. The summed E-state index contributed by atoms with van der Waals surface area (Å²) < 4.78 is 4.68. The van der Waals surface area contributed by atoms with Gasteiger partial charge in [-0.25, -0.2) is 0 Å². The maximum atomic E-state index is 12.0. The second kappa shape index (κ2) is 7.56. The van der Waals surface area contributed by atoms with Crippen LogP contribution in [-0.4, -0.2) is 19.0 Å². The van der Waals surface area contributed by atoms with Crippen molar-refractivity contribution in [1.82, 2.24) is 5.32 Å². The maximum Gasteiger partial charge on any atom is 0.307 e. The van der Waals surface area contributed by atoms with Crippen LogP contribution in [0.4, 0.5) is 0 Å². The molecule has 2 unspecified atom stereocenters. The predicted octanol–water partition coefficient (Wildman–Crippen LogP) is 2.45. The average Bonchev–Trinajstić information content (AvgIpc) is 2.46. The number of carbonyl (C=O) groups excluding carboxylic acids is 2. The first-order chi connectivity index (χ1) is 9.08. The summed E-state index contributed by atoms with van der Waals surface area (Å²) in [6.07, 6.45) is 0.911. The molecule has 0 aromatic heterocycles. The van der Waals surface area contributed by atoms with Crippen LogP contribution in [0.25, 0.3) is 0 Å². The zero-order valence-corrected chi connectivity index (χ0v) is 11.7. The molecule has 4 nitrogen and oxygen atoms in total. The van der Waals surface area contributed by atoms with Crippen LogP contribution < -0.4 is 5.32 Å². The molecule has 1 amide bonds. The molecule has 1 N–H and O–H groups in total. The van der Waals surface area contributed by atoms with Crippen LogP contribution in [0.3, 0.4) is 0 Å². The van der Waals surface area contributed by atoms with Gasteiger partial charge in [-0.05, 0) is 12.0 Å². The Hall–Kier alpha value is -1.84. The fraction of sp³-hybridized carbons (Fsp3) is 0.467. The van der Waals surface area contributed by atoms with Gasteiger partial charge in [-0.1, -0.05) is 44.2 Å². The molecule has 1 aromatic rings. The summed E-state index contributed by atoms with van der Waals surface area (Å²) in [7, 11) is 1.35. The lowest BCUT2D eigenvalue weighted by molar-refractivity contribution is -0.141. The molecule has 0 aliphatic heterocycles. The van der Waals surface area contributed by atoms with Crippen LogP contribution >= 0.6 is 0 Å². The van der Waals surface area contributed by atoms with Crippen molar-refractivity contribution in [2.75, 3.05) is 7.11 Å². The van der Waals surface area contributed by atoms with Crippen molar-refractivity contribution in [2.45, 2.75) is 32.7 Å². The highest BCUT2D eigenvalue weighted by Gasteiger charge is 2.20. The van der Waals surface area contributed by atoms with Gasteiger partial charge in [-0.2, -0.15) is 0 Å². The third kappa shape index (κ3) is 4.73. The fourth-order valence-corrected chi connectivity index (χ4v) is 1.69. The Labute approximate surface area is 114 Å². The Balaban J connectivity index is 2.81. The Bertz CT molecular complexity index is 417. The zero-order chi connectivity index (χ0) is 14.3. The molecule has 0 heterocycles. The molecule has 0 spiro atoms. The Morgan fingerprint density at radius 1 is 1.26 bits per heavy atom. The first-order valence-corrected chi connectivity index (χ1v) is 6.50. The maximum absolute atomic E-state index is 12.0. The van der Waals surface area contributed by atoms with Crippen molar-refractivity contribution in [3.05, 3.63) is 35.9 Å². The second-order valence-electron chi connectivity index (χ2n) is 4.56. The van der Waals surface area contributed by atoms with Gasteiger partial charge in [0.25, 0.3) is 0 Å². The van der Waals surface area contributed by atoms with Crippen molar-refractivity contribution in [2.24, 2.45) is 5.92 Å². The van der Waals surface area contributed by atoms with Crippen molar-refractivity contribution >= 4 is 11.9 Å². The molecule has 1 aromatic carbocycles. The lowest BCUT2D eigenvalue weighted by Gasteiger charge is -2.20. The largest absolute Gasteiger partial charge is 0.469 e. The Kier molecular flexibility index (Phi) is 6.06. The molecule has 19 heavy (non-hydrogen) atoms. The number of hydrogen-bond donors (Lipinski definition) is 1. The number of nitrogens with one attached hydrogen (secondary N) is 1. The van der Waals surface area contributed by atoms with Crippen LogP contribution in [-0.2, 0) is 14.3 Å². The van der Waals surface area contributed by atoms with Gasteiger partial charge < -0.3 is 10.1 Å². The quantitative estimate of drug-likeness (QED) is 0.802. The third-order valence-electron chi connectivity index (χ3n) is 3.18. The number of hydrogen-bond acceptors (Lipinski definition) is 3. The predicted molar refractivity (Wildman–Crippen MR) is 73.4 cm³/mol. The van der Waals surface area contributed by atoms with Gasteiger partial charge in [-0.15, -0.1) is 0 Å². The first kappa shape index (κ1) is 15.2. The number of amides is 1. The van der Waals surface area contributed by atoms with Gasteiger partial charge >= 0.3 is 5.97 Å². The highest BCUT2D eigenvalue weighted by Crippen LogP contribution is 2.18. The topological polar surface area (TPSA) is 55.4 Å². The number of ether oxygens (including phenoxy) is 1. The van der Waals surface area contributed by atoms with Gasteiger partial charge in [0.1, 0.15) is 0 Å². The molecular weight excluding hydrogens is 242 g/mol. The minimum Gasteiger partial charge on any atom is -0.469 e. The second-order valence-corrected chi connectivity index (χ2v) is 4.56. The summed E-state index contributed by atoms with van der Waals surface area (Å²) in [4.78, 5) is 23.4. The first-order valence-electron chi connectivity index (χ1n) is 6.50. The summed E-state index contributed by atoms with van der Waals surface area (Å²) >= 11 is 0. The molecule has 2 atom stereocenters. The zero-order valence-electron chi connectivity index (χ0n) is 11.7. The monoisotopic (exact) mass is 263 g/mol. The molecule has 0 saturated heterocycles. The molecule has 0 radical (unpaired) electrons. The van der Waals surface area contributed by atoms with Crippen molar-refractivity contribution in [3.8, 4) is 0 Å². The van der Waals surface area contributed by atoms with E-state index in [0.717, 1.165) is 12.0 Å². The highest BCUT2D eigenvalue weighted by atomic mass is 16.5. The summed E-state index contributed by atoms with van der Waals surface area (Å²) in [5, 5.41) is 2.91. The van der Waals surface area contributed by atoms with E-state index in [1.807, 2.05) is 44.2 Å². The van der Waals surface area contributed by atoms with Crippen molar-refractivity contribution in [1.29, 1.82) is 0 Å². The summed E-state index contributed by atoms with van der Waals surface area (Å²) in [5.74, 6) is -0.442. The normalized spacial score (nSPS) is 13.4. The number of esters is 1. The summed E-state index contributed by atoms with van der Waals surface area (Å²) in [6, 6.07) is 9.11. The Morgan fingerprint density at radius 3 is 2.42 bits per heavy atom. The molecule has 0 saturated carbocycles. The number of carbonyl (C=O) groups is 2. The number of methoxy groups -OCH3 is 1. The van der Waals surface area contributed by atoms with E-state index in [1.165, 1.54) is 7.11 Å². The van der Waals surface area contributed by atoms with Crippen LogP contribution in [0, 0.1) is 5.92 Å².